The number of amides is 1. The molecule has 0 fully saturated rings. The summed E-state index contributed by atoms with van der Waals surface area (Å²) in [5.74, 6) is 1.37. The number of rotatable bonds is 5. The molecule has 8 heteroatoms. The molecule has 4 aromatic rings. The molecule has 3 heterocycles. The van der Waals surface area contributed by atoms with Crippen LogP contribution in [0.4, 0.5) is 5.82 Å². The molecule has 0 saturated carbocycles. The molecule has 0 bridgehead atoms. The van der Waals surface area contributed by atoms with E-state index in [1.165, 1.54) is 0 Å². The zero-order valence-electron chi connectivity index (χ0n) is 13.7. The first-order valence-corrected chi connectivity index (χ1v) is 8.03. The molecule has 1 amide bonds. The van der Waals surface area contributed by atoms with E-state index in [0.29, 0.717) is 29.8 Å². The van der Waals surface area contributed by atoms with Crippen LogP contribution in [0.3, 0.4) is 0 Å². The fraction of sp³-hybridized carbons (Fsp3) is 0.111. The first-order chi connectivity index (χ1) is 12.8. The summed E-state index contributed by atoms with van der Waals surface area (Å²) in [6.07, 6.45) is 3.72. The van der Waals surface area contributed by atoms with Crippen LogP contribution >= 0.6 is 0 Å². The molecule has 128 valence electrons. The number of nitrogens with zero attached hydrogens (tertiary/aromatic N) is 5. The van der Waals surface area contributed by atoms with Gasteiger partial charge in [0.15, 0.2) is 0 Å². The Kier molecular flexibility index (Phi) is 4.29. The molecule has 0 aliphatic heterocycles. The molecule has 26 heavy (non-hydrogen) atoms. The highest BCUT2D eigenvalue weighted by Gasteiger charge is 2.12. The van der Waals surface area contributed by atoms with Gasteiger partial charge in [-0.15, -0.1) is 0 Å². The molecular weight excluding hydrogens is 332 g/mol. The maximum atomic E-state index is 12.1. The van der Waals surface area contributed by atoms with Crippen LogP contribution in [0.1, 0.15) is 12.3 Å². The van der Waals surface area contributed by atoms with E-state index < -0.39 is 0 Å². The average Bonchev–Trinajstić information content (AvgIpc) is 3.16. The molecule has 0 radical (unpaired) electrons. The van der Waals surface area contributed by atoms with Crippen LogP contribution in [0.2, 0.25) is 0 Å². The van der Waals surface area contributed by atoms with Gasteiger partial charge >= 0.3 is 0 Å². The van der Waals surface area contributed by atoms with Gasteiger partial charge in [-0.1, -0.05) is 23.4 Å². The average molecular weight is 346 g/mol. The van der Waals surface area contributed by atoms with Gasteiger partial charge in [-0.2, -0.15) is 4.98 Å². The lowest BCUT2D eigenvalue weighted by molar-refractivity contribution is -0.116. The number of fused-ring (bicyclic) bond motifs is 1. The van der Waals surface area contributed by atoms with Gasteiger partial charge < -0.3 is 9.84 Å². The van der Waals surface area contributed by atoms with Crippen LogP contribution in [0, 0.1) is 0 Å². The predicted molar refractivity (Wildman–Crippen MR) is 94.0 cm³/mol. The van der Waals surface area contributed by atoms with E-state index in [0.717, 1.165) is 10.9 Å². The van der Waals surface area contributed by atoms with E-state index >= 15 is 0 Å². The van der Waals surface area contributed by atoms with Crippen molar-refractivity contribution in [1.29, 1.82) is 0 Å². The summed E-state index contributed by atoms with van der Waals surface area (Å²) in [7, 11) is 0. The summed E-state index contributed by atoms with van der Waals surface area (Å²) in [6, 6.07) is 13.1. The van der Waals surface area contributed by atoms with Gasteiger partial charge in [0.1, 0.15) is 5.82 Å². The minimum Gasteiger partial charge on any atom is -0.339 e. The summed E-state index contributed by atoms with van der Waals surface area (Å²) < 4.78 is 5.14. The molecule has 0 aliphatic rings. The maximum absolute atomic E-state index is 12.1. The maximum Gasteiger partial charge on any atom is 0.240 e. The summed E-state index contributed by atoms with van der Waals surface area (Å²) >= 11 is 0. The summed E-state index contributed by atoms with van der Waals surface area (Å²) in [4.78, 5) is 28.9. The van der Waals surface area contributed by atoms with Crippen molar-refractivity contribution in [3.05, 3.63) is 60.7 Å². The van der Waals surface area contributed by atoms with Gasteiger partial charge in [0.2, 0.25) is 23.4 Å². The Hall–Kier alpha value is -3.68. The van der Waals surface area contributed by atoms with Crippen LogP contribution in [0.25, 0.3) is 22.6 Å². The molecule has 1 N–H and O–H groups in total. The second-order valence-corrected chi connectivity index (χ2v) is 5.52. The van der Waals surface area contributed by atoms with Crippen LogP contribution < -0.4 is 5.32 Å². The molecule has 0 aliphatic carbocycles. The van der Waals surface area contributed by atoms with Crippen LogP contribution in [0.5, 0.6) is 0 Å². The fourth-order valence-electron chi connectivity index (χ4n) is 2.42. The van der Waals surface area contributed by atoms with Gasteiger partial charge in [0, 0.05) is 30.6 Å². The second kappa shape index (κ2) is 7.06. The van der Waals surface area contributed by atoms with Crippen molar-refractivity contribution >= 4 is 22.6 Å². The topological polar surface area (TPSA) is 107 Å². The summed E-state index contributed by atoms with van der Waals surface area (Å²) in [6.45, 7) is 0. The van der Waals surface area contributed by atoms with Crippen LogP contribution in [-0.4, -0.2) is 31.0 Å². The molecule has 0 spiro atoms. The lowest BCUT2D eigenvalue weighted by Crippen LogP contribution is -2.13. The number of anilines is 1. The normalized spacial score (nSPS) is 10.8. The number of aryl methyl sites for hydroxylation is 1. The molecule has 8 nitrogen and oxygen atoms in total. The van der Waals surface area contributed by atoms with E-state index in [4.69, 9.17) is 4.52 Å². The number of carbonyl (C=O) groups excluding carboxylic acids is 1. The Bertz CT molecular complexity index is 1050. The van der Waals surface area contributed by atoms with Crippen molar-refractivity contribution in [3.63, 3.8) is 0 Å². The number of pyridine rings is 1. The van der Waals surface area contributed by atoms with Crippen molar-refractivity contribution in [3.8, 4) is 11.6 Å². The van der Waals surface area contributed by atoms with E-state index in [9.17, 15) is 4.79 Å². The second-order valence-electron chi connectivity index (χ2n) is 5.52. The summed E-state index contributed by atoms with van der Waals surface area (Å²) in [5, 5.41) is 7.63. The lowest BCUT2D eigenvalue weighted by Gasteiger charge is -2.04. The molecule has 0 atom stereocenters. The Morgan fingerprint density at radius 3 is 2.69 bits per heavy atom. The highest BCUT2D eigenvalue weighted by atomic mass is 16.5. The molecular formula is C18H14N6O2. The van der Waals surface area contributed by atoms with Gasteiger partial charge in [-0.25, -0.2) is 15.0 Å². The largest absolute Gasteiger partial charge is 0.339 e. The van der Waals surface area contributed by atoms with Crippen molar-refractivity contribution in [2.45, 2.75) is 12.8 Å². The number of hydrogen-bond donors (Lipinski definition) is 1. The third-order valence-electron chi connectivity index (χ3n) is 3.67. The van der Waals surface area contributed by atoms with E-state index in [2.05, 4.69) is 30.4 Å². The predicted octanol–water partition coefficient (Wildman–Crippen LogP) is 2.65. The van der Waals surface area contributed by atoms with E-state index in [1.54, 1.807) is 24.5 Å². The van der Waals surface area contributed by atoms with E-state index in [-0.39, 0.29) is 12.3 Å². The minimum absolute atomic E-state index is 0.177. The quantitative estimate of drug-likeness (QED) is 0.592. The highest BCUT2D eigenvalue weighted by Crippen LogP contribution is 2.15. The molecule has 4 rings (SSSR count). The number of para-hydroxylation sites is 1. The van der Waals surface area contributed by atoms with E-state index in [1.807, 2.05) is 30.3 Å². The Morgan fingerprint density at radius 1 is 0.962 bits per heavy atom. The van der Waals surface area contributed by atoms with Gasteiger partial charge in [0.05, 0.1) is 5.52 Å². The monoisotopic (exact) mass is 346 g/mol. The molecule has 1 aromatic carbocycles. The molecule has 3 aromatic heterocycles. The third-order valence-corrected chi connectivity index (χ3v) is 3.67. The smallest absolute Gasteiger partial charge is 0.240 e. The Labute approximate surface area is 148 Å². The SMILES string of the molecule is O=C(CCc1nc(-c2ncccn2)no1)Nc1ccc2ccccc2n1. The first-order valence-electron chi connectivity index (χ1n) is 8.03. The number of hydrogen-bond acceptors (Lipinski definition) is 7. The number of nitrogens with one attached hydrogen (secondary N) is 1. The zero-order valence-corrected chi connectivity index (χ0v) is 13.7. The van der Waals surface area contributed by atoms with Crippen molar-refractivity contribution in [2.75, 3.05) is 5.32 Å². The van der Waals surface area contributed by atoms with Crippen molar-refractivity contribution in [1.82, 2.24) is 25.1 Å². The van der Waals surface area contributed by atoms with Gasteiger partial charge in [-0.3, -0.25) is 4.79 Å². The standard InChI is InChI=1S/C18H14N6O2/c25-15(22-14-7-6-12-4-1-2-5-13(12)21-14)8-9-16-23-18(24-26-16)17-19-10-3-11-20-17/h1-7,10-11H,8-9H2,(H,21,22,25). The molecule has 0 unspecified atom stereocenters. The van der Waals surface area contributed by atoms with Crippen LogP contribution in [0.15, 0.2) is 59.4 Å². The van der Waals surface area contributed by atoms with Crippen molar-refractivity contribution < 1.29 is 9.32 Å². The van der Waals surface area contributed by atoms with Crippen LogP contribution in [-0.2, 0) is 11.2 Å². The Morgan fingerprint density at radius 2 is 1.81 bits per heavy atom. The molecule has 0 saturated heterocycles. The third kappa shape index (κ3) is 3.54. The number of aromatic nitrogens is 5. The Balaban J connectivity index is 1.37. The number of benzene rings is 1. The first kappa shape index (κ1) is 15.8. The van der Waals surface area contributed by atoms with Gasteiger partial charge in [-0.05, 0) is 24.3 Å². The van der Waals surface area contributed by atoms with Gasteiger partial charge in [0.25, 0.3) is 0 Å². The number of carbonyl (C=O) groups is 1. The summed E-state index contributed by atoms with van der Waals surface area (Å²) in [5.41, 5.74) is 0.828. The fourth-order valence-corrected chi connectivity index (χ4v) is 2.42. The van der Waals surface area contributed by atoms with Crippen molar-refractivity contribution in [2.24, 2.45) is 0 Å². The minimum atomic E-state index is -0.177. The highest BCUT2D eigenvalue weighted by molar-refractivity contribution is 5.91. The zero-order chi connectivity index (χ0) is 17.8. The lowest BCUT2D eigenvalue weighted by atomic mass is 10.2.